The topological polar surface area (TPSA) is 136 Å². The molecule has 3 aromatic carbocycles. The molecular formula is C32H38N6O3. The second kappa shape index (κ2) is 13.2. The van der Waals surface area contributed by atoms with Crippen molar-refractivity contribution in [2.24, 2.45) is 11.5 Å². The third kappa shape index (κ3) is 8.02. The Kier molecular flexibility index (Phi) is 9.52. The lowest BCUT2D eigenvalue weighted by molar-refractivity contribution is -0.132. The van der Waals surface area contributed by atoms with E-state index in [1.165, 1.54) is 10.8 Å². The molecule has 1 unspecified atom stereocenters. The van der Waals surface area contributed by atoms with Gasteiger partial charge in [-0.05, 0) is 55.0 Å². The maximum Gasteiger partial charge on any atom is 0.250 e. The van der Waals surface area contributed by atoms with E-state index in [2.05, 4.69) is 40.6 Å². The average Bonchev–Trinajstić information content (AvgIpc) is 3.65. The van der Waals surface area contributed by atoms with Crippen LogP contribution in [0.5, 0.6) is 0 Å². The van der Waals surface area contributed by atoms with Crippen LogP contribution in [0.1, 0.15) is 50.3 Å². The van der Waals surface area contributed by atoms with Crippen LogP contribution in [0.2, 0.25) is 0 Å². The van der Waals surface area contributed by atoms with Crippen molar-refractivity contribution < 1.29 is 14.4 Å². The Labute approximate surface area is 240 Å². The van der Waals surface area contributed by atoms with E-state index in [0.29, 0.717) is 18.7 Å². The van der Waals surface area contributed by atoms with Crippen LogP contribution < -0.4 is 16.8 Å². The molecule has 4 aromatic rings. The summed E-state index contributed by atoms with van der Waals surface area (Å²) >= 11 is 0. The molecule has 2 heterocycles. The molecule has 1 aliphatic rings. The number of aromatic nitrogens is 2. The molecule has 5 N–H and O–H groups in total. The highest BCUT2D eigenvalue weighted by Crippen LogP contribution is 2.25. The molecule has 0 radical (unpaired) electrons. The van der Waals surface area contributed by atoms with Crippen LogP contribution >= 0.6 is 0 Å². The molecule has 1 atom stereocenters. The first-order valence-electron chi connectivity index (χ1n) is 13.9. The van der Waals surface area contributed by atoms with E-state index in [1.807, 2.05) is 47.4 Å². The normalized spacial score (nSPS) is 13.8. The number of nitrogens with two attached hydrogens (primary N) is 2. The van der Waals surface area contributed by atoms with E-state index in [-0.39, 0.29) is 11.8 Å². The first-order valence-corrected chi connectivity index (χ1v) is 13.9. The summed E-state index contributed by atoms with van der Waals surface area (Å²) in [5.74, 6) is -0.0537. The Morgan fingerprint density at radius 2 is 1.59 bits per heavy atom. The monoisotopic (exact) mass is 554 g/mol. The SMILES string of the molecule is CC(C)(N)C(N)=O.O=C(CCc1ccc2ccccc2c1)Nc1cn(C(C(=O)N2CCCC2)c2ccccc2)cn1. The van der Waals surface area contributed by atoms with Crippen molar-refractivity contribution in [1.82, 2.24) is 14.5 Å². The summed E-state index contributed by atoms with van der Waals surface area (Å²) < 4.78 is 1.80. The minimum Gasteiger partial charge on any atom is -0.368 e. The number of imidazole rings is 1. The number of amides is 3. The molecule has 0 bridgehead atoms. The van der Waals surface area contributed by atoms with Crippen LogP contribution in [0.25, 0.3) is 10.8 Å². The second-order valence-electron chi connectivity index (χ2n) is 10.9. The van der Waals surface area contributed by atoms with Crippen LogP contribution in [-0.4, -0.2) is 50.8 Å². The van der Waals surface area contributed by atoms with E-state index < -0.39 is 17.5 Å². The quantitative estimate of drug-likeness (QED) is 0.302. The molecule has 1 aliphatic heterocycles. The summed E-state index contributed by atoms with van der Waals surface area (Å²) in [6, 6.07) is 23.7. The number of benzene rings is 3. The van der Waals surface area contributed by atoms with Crippen molar-refractivity contribution in [1.29, 1.82) is 0 Å². The molecule has 9 nitrogen and oxygen atoms in total. The van der Waals surface area contributed by atoms with E-state index in [4.69, 9.17) is 11.5 Å². The van der Waals surface area contributed by atoms with Gasteiger partial charge in [-0.2, -0.15) is 0 Å². The minimum absolute atomic E-state index is 0.0651. The van der Waals surface area contributed by atoms with Gasteiger partial charge < -0.3 is 26.3 Å². The molecule has 9 heteroatoms. The zero-order chi connectivity index (χ0) is 29.4. The summed E-state index contributed by atoms with van der Waals surface area (Å²) in [7, 11) is 0. The van der Waals surface area contributed by atoms with Crippen LogP contribution in [0.4, 0.5) is 5.82 Å². The van der Waals surface area contributed by atoms with E-state index in [0.717, 1.165) is 37.1 Å². The highest BCUT2D eigenvalue weighted by Gasteiger charge is 2.29. The summed E-state index contributed by atoms with van der Waals surface area (Å²) in [6.07, 6.45) is 6.47. The largest absolute Gasteiger partial charge is 0.368 e. The number of hydrogen-bond donors (Lipinski definition) is 3. The number of anilines is 1. The van der Waals surface area contributed by atoms with Gasteiger partial charge >= 0.3 is 0 Å². The summed E-state index contributed by atoms with van der Waals surface area (Å²) in [4.78, 5) is 42.3. The number of likely N-dealkylation sites (tertiary alicyclic amines) is 1. The average molecular weight is 555 g/mol. The molecule has 0 spiro atoms. The molecular weight excluding hydrogens is 516 g/mol. The maximum absolute atomic E-state index is 13.3. The van der Waals surface area contributed by atoms with Gasteiger partial charge in [-0.1, -0.05) is 72.8 Å². The Bertz CT molecular complexity index is 1490. The number of fused-ring (bicyclic) bond motifs is 1. The third-order valence-corrected chi connectivity index (χ3v) is 7.02. The van der Waals surface area contributed by atoms with Gasteiger partial charge in [0.05, 0.1) is 11.9 Å². The standard InChI is InChI=1S/C28H28N4O2.C4H10N2O/c33-26(15-13-21-12-14-22-8-4-5-11-24(22)18-21)30-25-19-32(20-29-25)27(23-9-2-1-3-10-23)28(34)31-16-6-7-17-31;1-4(2,6)3(5)7/h1-5,8-12,14,18-20,27H,6-7,13,15-17H2,(H,30,33);6H2,1-2H3,(H2,5,7). The molecule has 3 amide bonds. The third-order valence-electron chi connectivity index (χ3n) is 7.02. The lowest BCUT2D eigenvalue weighted by Gasteiger charge is -2.24. The second-order valence-corrected chi connectivity index (χ2v) is 10.9. The predicted molar refractivity (Wildman–Crippen MR) is 161 cm³/mol. The molecule has 41 heavy (non-hydrogen) atoms. The number of hydrogen-bond acceptors (Lipinski definition) is 5. The van der Waals surface area contributed by atoms with Crippen molar-refractivity contribution in [3.63, 3.8) is 0 Å². The van der Waals surface area contributed by atoms with Gasteiger partial charge in [-0.15, -0.1) is 0 Å². The molecule has 5 rings (SSSR count). The van der Waals surface area contributed by atoms with E-state index >= 15 is 0 Å². The molecule has 0 saturated carbocycles. The Balaban J connectivity index is 0.000000493. The highest BCUT2D eigenvalue weighted by molar-refractivity contribution is 5.90. The van der Waals surface area contributed by atoms with Gasteiger partial charge in [-0.3, -0.25) is 14.4 Å². The number of carbonyl (C=O) groups is 3. The van der Waals surface area contributed by atoms with Crippen LogP contribution in [0.3, 0.4) is 0 Å². The highest BCUT2D eigenvalue weighted by atomic mass is 16.2. The van der Waals surface area contributed by atoms with Gasteiger partial charge in [0.25, 0.3) is 0 Å². The van der Waals surface area contributed by atoms with Crippen LogP contribution in [-0.2, 0) is 20.8 Å². The Morgan fingerprint density at radius 3 is 2.24 bits per heavy atom. The Morgan fingerprint density at radius 1 is 0.951 bits per heavy atom. The van der Waals surface area contributed by atoms with Crippen LogP contribution in [0.15, 0.2) is 85.3 Å². The molecule has 1 saturated heterocycles. The van der Waals surface area contributed by atoms with Crippen molar-refractivity contribution >= 4 is 34.3 Å². The van der Waals surface area contributed by atoms with Gasteiger partial charge in [0.2, 0.25) is 17.7 Å². The predicted octanol–water partition coefficient (Wildman–Crippen LogP) is 4.03. The summed E-state index contributed by atoms with van der Waals surface area (Å²) in [5.41, 5.74) is 11.2. The summed E-state index contributed by atoms with van der Waals surface area (Å²) in [5, 5.41) is 5.26. The van der Waals surface area contributed by atoms with Gasteiger partial charge in [0.1, 0.15) is 6.04 Å². The fourth-order valence-electron chi connectivity index (χ4n) is 4.59. The number of nitrogens with zero attached hydrogens (tertiary/aromatic N) is 3. The lowest BCUT2D eigenvalue weighted by Crippen LogP contribution is -2.46. The van der Waals surface area contributed by atoms with Gasteiger partial charge in [-0.25, -0.2) is 4.98 Å². The van der Waals surface area contributed by atoms with Gasteiger partial charge in [0.15, 0.2) is 5.82 Å². The first-order chi connectivity index (χ1) is 19.6. The first kappa shape index (κ1) is 29.5. The van der Waals surface area contributed by atoms with Gasteiger partial charge in [0, 0.05) is 25.7 Å². The molecule has 0 aliphatic carbocycles. The lowest BCUT2D eigenvalue weighted by atomic mass is 10.0. The fourth-order valence-corrected chi connectivity index (χ4v) is 4.59. The van der Waals surface area contributed by atoms with Crippen molar-refractivity contribution in [2.45, 2.75) is 51.1 Å². The van der Waals surface area contributed by atoms with E-state index in [1.54, 1.807) is 30.9 Å². The zero-order valence-corrected chi connectivity index (χ0v) is 23.6. The number of carbonyl (C=O) groups excluding carboxylic acids is 3. The summed E-state index contributed by atoms with van der Waals surface area (Å²) in [6.45, 7) is 4.70. The molecule has 1 aromatic heterocycles. The number of primary amides is 1. The zero-order valence-electron chi connectivity index (χ0n) is 23.6. The minimum atomic E-state index is -0.861. The number of rotatable bonds is 8. The maximum atomic E-state index is 13.3. The Hall–Kier alpha value is -4.50. The van der Waals surface area contributed by atoms with Crippen molar-refractivity contribution in [3.8, 4) is 0 Å². The molecule has 1 fully saturated rings. The fraction of sp³-hybridized carbons (Fsp3) is 0.312. The van der Waals surface area contributed by atoms with Crippen molar-refractivity contribution in [3.05, 3.63) is 96.4 Å². The van der Waals surface area contributed by atoms with Crippen molar-refractivity contribution in [2.75, 3.05) is 18.4 Å². The smallest absolute Gasteiger partial charge is 0.250 e. The molecule has 214 valence electrons. The number of nitrogens with one attached hydrogen (secondary N) is 1. The van der Waals surface area contributed by atoms with Crippen LogP contribution in [0, 0.1) is 0 Å². The number of aryl methyl sites for hydroxylation is 1. The van der Waals surface area contributed by atoms with E-state index in [9.17, 15) is 14.4 Å².